The molecule has 0 radical (unpaired) electrons. The smallest absolute Gasteiger partial charge is 0.284 e. The number of nitrogens with zero attached hydrogens (tertiary/aromatic N) is 1. The molecule has 0 aliphatic heterocycles. The summed E-state index contributed by atoms with van der Waals surface area (Å²) in [6.45, 7) is 0. The number of hydrogen-bond acceptors (Lipinski definition) is 6. The highest BCUT2D eigenvalue weighted by atomic mass is 32.1. The first-order chi connectivity index (χ1) is 10.5. The number of amides is 2. The van der Waals surface area contributed by atoms with E-state index in [4.69, 9.17) is 0 Å². The third-order valence-electron chi connectivity index (χ3n) is 2.61. The normalized spacial score (nSPS) is 10.0. The number of carbonyl (C=O) groups excluding carboxylic acids is 3. The maximum atomic E-state index is 11.8. The van der Waals surface area contributed by atoms with Crippen LogP contribution in [-0.4, -0.2) is 22.8 Å². The second kappa shape index (κ2) is 7.32. The van der Waals surface area contributed by atoms with Crippen LogP contribution in [0.1, 0.15) is 22.6 Å². The topological polar surface area (TPSA) is 111 Å². The maximum Gasteiger partial charge on any atom is 0.284 e. The standard InChI is InChI=1S/C14H13N3O4S/c18-11(5-6-12(19)20)16-9-1-3-10(4-2-9)17-13(21)14-15-7-8-22-14/h1-4,7-8H,5-6H2,(H,16,18)(H,17,21)(H,19,20)/p-1. The van der Waals surface area contributed by atoms with E-state index in [1.165, 1.54) is 11.3 Å². The second-order valence-electron chi connectivity index (χ2n) is 4.29. The van der Waals surface area contributed by atoms with Crippen molar-refractivity contribution in [3.63, 3.8) is 0 Å². The molecule has 8 heteroatoms. The van der Waals surface area contributed by atoms with E-state index in [1.54, 1.807) is 35.8 Å². The van der Waals surface area contributed by atoms with Crippen LogP contribution in [0.25, 0.3) is 0 Å². The Morgan fingerprint density at radius 3 is 2.23 bits per heavy atom. The van der Waals surface area contributed by atoms with Gasteiger partial charge in [-0.3, -0.25) is 9.59 Å². The molecular formula is C14H12N3O4S-. The fourth-order valence-corrected chi connectivity index (χ4v) is 2.13. The molecule has 1 heterocycles. The summed E-state index contributed by atoms with van der Waals surface area (Å²) in [6.07, 6.45) is 1.07. The number of nitrogens with one attached hydrogen (secondary N) is 2. The molecule has 0 fully saturated rings. The first-order valence-corrected chi connectivity index (χ1v) is 7.23. The van der Waals surface area contributed by atoms with Gasteiger partial charge in [-0.2, -0.15) is 0 Å². The molecule has 0 atom stereocenters. The van der Waals surface area contributed by atoms with Gasteiger partial charge in [-0.1, -0.05) is 0 Å². The van der Waals surface area contributed by atoms with Gasteiger partial charge in [0.2, 0.25) is 5.91 Å². The molecule has 0 saturated carbocycles. The molecule has 2 rings (SSSR count). The van der Waals surface area contributed by atoms with E-state index in [0.29, 0.717) is 16.4 Å². The monoisotopic (exact) mass is 318 g/mol. The van der Waals surface area contributed by atoms with Crippen LogP contribution in [0.2, 0.25) is 0 Å². The van der Waals surface area contributed by atoms with Gasteiger partial charge in [0.25, 0.3) is 5.91 Å². The molecule has 2 N–H and O–H groups in total. The molecule has 0 bridgehead atoms. The molecule has 0 saturated heterocycles. The Morgan fingerprint density at radius 2 is 1.68 bits per heavy atom. The molecular weight excluding hydrogens is 306 g/mol. The fraction of sp³-hybridized carbons (Fsp3) is 0.143. The van der Waals surface area contributed by atoms with Gasteiger partial charge in [-0.25, -0.2) is 4.98 Å². The Balaban J connectivity index is 1.89. The summed E-state index contributed by atoms with van der Waals surface area (Å²) in [5.41, 5.74) is 1.07. The largest absolute Gasteiger partial charge is 0.550 e. The maximum absolute atomic E-state index is 11.8. The number of carbonyl (C=O) groups is 3. The van der Waals surface area contributed by atoms with E-state index in [9.17, 15) is 19.5 Å². The molecule has 0 aliphatic rings. The summed E-state index contributed by atoms with van der Waals surface area (Å²) in [5, 5.41) is 17.6. The first-order valence-electron chi connectivity index (χ1n) is 6.35. The minimum Gasteiger partial charge on any atom is -0.550 e. The fourth-order valence-electron chi connectivity index (χ4n) is 1.60. The summed E-state index contributed by atoms with van der Waals surface area (Å²) in [6, 6.07) is 6.46. The van der Waals surface area contributed by atoms with Crippen molar-refractivity contribution in [3.8, 4) is 0 Å². The molecule has 114 valence electrons. The molecule has 0 spiro atoms. The summed E-state index contributed by atoms with van der Waals surface area (Å²) < 4.78 is 0. The molecule has 0 unspecified atom stereocenters. The van der Waals surface area contributed by atoms with Crippen molar-refractivity contribution in [2.45, 2.75) is 12.8 Å². The van der Waals surface area contributed by atoms with Crippen molar-refractivity contribution in [2.24, 2.45) is 0 Å². The number of thiazole rings is 1. The Hall–Kier alpha value is -2.74. The Morgan fingerprint density at radius 1 is 1.05 bits per heavy atom. The van der Waals surface area contributed by atoms with Gasteiger partial charge in [0.15, 0.2) is 5.01 Å². The SMILES string of the molecule is O=C([O-])CCC(=O)Nc1ccc(NC(=O)c2nccs2)cc1. The van der Waals surface area contributed by atoms with Gasteiger partial charge >= 0.3 is 0 Å². The lowest BCUT2D eigenvalue weighted by Gasteiger charge is -2.07. The van der Waals surface area contributed by atoms with Gasteiger partial charge < -0.3 is 20.5 Å². The third kappa shape index (κ3) is 4.67. The molecule has 7 nitrogen and oxygen atoms in total. The van der Waals surface area contributed by atoms with E-state index in [2.05, 4.69) is 15.6 Å². The quantitative estimate of drug-likeness (QED) is 0.820. The van der Waals surface area contributed by atoms with E-state index < -0.39 is 11.9 Å². The van der Waals surface area contributed by atoms with Gasteiger partial charge in [0.05, 0.1) is 0 Å². The van der Waals surface area contributed by atoms with Crippen molar-refractivity contribution in [1.29, 1.82) is 0 Å². The minimum atomic E-state index is -1.27. The predicted molar refractivity (Wildman–Crippen MR) is 79.4 cm³/mol. The number of aromatic nitrogens is 1. The zero-order chi connectivity index (χ0) is 15.9. The van der Waals surface area contributed by atoms with Crippen molar-refractivity contribution in [1.82, 2.24) is 4.98 Å². The van der Waals surface area contributed by atoms with Crippen LogP contribution in [0.15, 0.2) is 35.8 Å². The van der Waals surface area contributed by atoms with Gasteiger partial charge in [-0.05, 0) is 30.7 Å². The Kier molecular flexibility index (Phi) is 5.21. The van der Waals surface area contributed by atoms with E-state index in [1.807, 2.05) is 0 Å². The molecule has 2 aromatic rings. The van der Waals surface area contributed by atoms with Crippen molar-refractivity contribution in [3.05, 3.63) is 40.8 Å². The number of carboxylic acid groups (broad SMARTS) is 1. The van der Waals surface area contributed by atoms with Crippen LogP contribution in [-0.2, 0) is 9.59 Å². The summed E-state index contributed by atoms with van der Waals surface area (Å²) in [7, 11) is 0. The Labute approximate surface area is 130 Å². The lowest BCUT2D eigenvalue weighted by Crippen LogP contribution is -2.24. The zero-order valence-electron chi connectivity index (χ0n) is 11.4. The number of carboxylic acids is 1. The third-order valence-corrected chi connectivity index (χ3v) is 3.38. The second-order valence-corrected chi connectivity index (χ2v) is 5.18. The van der Waals surface area contributed by atoms with Crippen LogP contribution in [0.4, 0.5) is 11.4 Å². The lowest BCUT2D eigenvalue weighted by atomic mass is 10.2. The van der Waals surface area contributed by atoms with Crippen molar-refractivity contribution < 1.29 is 19.5 Å². The Bertz CT molecular complexity index is 668. The first kappa shape index (κ1) is 15.6. The van der Waals surface area contributed by atoms with Crippen LogP contribution < -0.4 is 15.7 Å². The number of aliphatic carboxylic acids is 1. The van der Waals surface area contributed by atoms with E-state index in [-0.39, 0.29) is 18.7 Å². The summed E-state index contributed by atoms with van der Waals surface area (Å²) in [4.78, 5) is 37.4. The average Bonchev–Trinajstić information content (AvgIpc) is 3.01. The highest BCUT2D eigenvalue weighted by molar-refractivity contribution is 7.11. The minimum absolute atomic E-state index is 0.148. The molecule has 1 aromatic heterocycles. The predicted octanol–water partition coefficient (Wildman–Crippen LogP) is 0.864. The summed E-state index contributed by atoms with van der Waals surface area (Å²) in [5.74, 6) is -1.99. The molecule has 2 amide bonds. The molecule has 1 aromatic carbocycles. The van der Waals surface area contributed by atoms with Gasteiger partial charge in [-0.15, -0.1) is 11.3 Å². The van der Waals surface area contributed by atoms with Crippen LogP contribution in [0.5, 0.6) is 0 Å². The zero-order valence-corrected chi connectivity index (χ0v) is 12.2. The average molecular weight is 318 g/mol. The number of benzene rings is 1. The van der Waals surface area contributed by atoms with Crippen LogP contribution in [0, 0.1) is 0 Å². The van der Waals surface area contributed by atoms with Crippen LogP contribution >= 0.6 is 11.3 Å². The number of anilines is 2. The number of hydrogen-bond donors (Lipinski definition) is 2. The lowest BCUT2D eigenvalue weighted by molar-refractivity contribution is -0.305. The van der Waals surface area contributed by atoms with Gasteiger partial charge in [0.1, 0.15) is 0 Å². The van der Waals surface area contributed by atoms with Crippen LogP contribution in [0.3, 0.4) is 0 Å². The van der Waals surface area contributed by atoms with Gasteiger partial charge in [0, 0.05) is 35.3 Å². The van der Waals surface area contributed by atoms with Crippen molar-refractivity contribution in [2.75, 3.05) is 10.6 Å². The summed E-state index contributed by atoms with van der Waals surface area (Å²) >= 11 is 1.24. The highest BCUT2D eigenvalue weighted by Gasteiger charge is 2.08. The van der Waals surface area contributed by atoms with E-state index in [0.717, 1.165) is 0 Å². The highest BCUT2D eigenvalue weighted by Crippen LogP contribution is 2.15. The number of rotatable bonds is 6. The van der Waals surface area contributed by atoms with Crippen molar-refractivity contribution >= 4 is 40.5 Å². The van der Waals surface area contributed by atoms with E-state index >= 15 is 0 Å². The molecule has 22 heavy (non-hydrogen) atoms. The molecule has 0 aliphatic carbocycles.